The number of nitrogens with zero attached hydrogens (tertiary/aromatic N) is 4. The van der Waals surface area contributed by atoms with Gasteiger partial charge in [-0.25, -0.2) is 15.0 Å². The van der Waals surface area contributed by atoms with E-state index in [0.29, 0.717) is 17.5 Å². The van der Waals surface area contributed by atoms with Crippen LogP contribution < -0.4 is 0 Å². The number of hydrogen-bond donors (Lipinski definition) is 0. The van der Waals surface area contributed by atoms with Crippen molar-refractivity contribution in [1.82, 2.24) is 19.5 Å². The molecule has 0 aliphatic rings. The van der Waals surface area contributed by atoms with Crippen LogP contribution in [0, 0.1) is 0 Å². The maximum Gasteiger partial charge on any atom is 0.164 e. The molecule has 0 unspecified atom stereocenters. The fourth-order valence-corrected chi connectivity index (χ4v) is 6.72. The summed E-state index contributed by atoms with van der Waals surface area (Å²) >= 11 is 0. The fraction of sp³-hybridized carbons (Fsp3) is 0. The summed E-state index contributed by atoms with van der Waals surface area (Å²) < 4.78 is 2.40. The quantitative estimate of drug-likeness (QED) is 0.184. The van der Waals surface area contributed by atoms with Crippen LogP contribution in [0.5, 0.6) is 0 Å². The van der Waals surface area contributed by atoms with Crippen LogP contribution in [0.4, 0.5) is 0 Å². The van der Waals surface area contributed by atoms with Crippen molar-refractivity contribution in [3.05, 3.63) is 182 Å². The Labute approximate surface area is 284 Å². The number of fused-ring (bicyclic) bond motifs is 3. The van der Waals surface area contributed by atoms with Crippen LogP contribution in [0.3, 0.4) is 0 Å². The largest absolute Gasteiger partial charge is 0.309 e. The monoisotopic (exact) mass is 626 g/mol. The highest BCUT2D eigenvalue weighted by atomic mass is 15.0. The third-order valence-corrected chi connectivity index (χ3v) is 9.04. The van der Waals surface area contributed by atoms with Crippen LogP contribution in [0.25, 0.3) is 83.9 Å². The minimum absolute atomic E-state index is 0.642. The molecule has 9 aromatic rings. The Morgan fingerprint density at radius 2 is 0.816 bits per heavy atom. The highest BCUT2D eigenvalue weighted by Gasteiger charge is 2.18. The molecule has 0 bridgehead atoms. The minimum Gasteiger partial charge on any atom is -0.309 e. The SMILES string of the molecule is c1ccc(-c2nc(-c3ccccc3)nc(-c3cccc(-c4ccc5c(c4)c4cccc(-c6ccccc6)c4n5-c4ccccc4)c3)n2)cc1. The summed E-state index contributed by atoms with van der Waals surface area (Å²) in [4.78, 5) is 14.8. The first-order chi connectivity index (χ1) is 24.3. The number of para-hydroxylation sites is 2. The molecule has 0 aliphatic carbocycles. The predicted octanol–water partition coefficient (Wildman–Crippen LogP) is 11.3. The topological polar surface area (TPSA) is 43.6 Å². The molecule has 0 spiro atoms. The van der Waals surface area contributed by atoms with E-state index in [1.54, 1.807) is 0 Å². The Hall–Kier alpha value is -6.65. The van der Waals surface area contributed by atoms with Crippen molar-refractivity contribution < 1.29 is 0 Å². The highest BCUT2D eigenvalue weighted by Crippen LogP contribution is 2.40. The molecule has 0 radical (unpaired) electrons. The van der Waals surface area contributed by atoms with Crippen LogP contribution in [-0.2, 0) is 0 Å². The van der Waals surface area contributed by atoms with Crippen molar-refractivity contribution in [2.45, 2.75) is 0 Å². The summed E-state index contributed by atoms with van der Waals surface area (Å²) in [6.07, 6.45) is 0. The first-order valence-corrected chi connectivity index (χ1v) is 16.5. The zero-order valence-corrected chi connectivity index (χ0v) is 26.6. The average molecular weight is 627 g/mol. The second kappa shape index (κ2) is 12.2. The first-order valence-electron chi connectivity index (χ1n) is 16.5. The van der Waals surface area contributed by atoms with Gasteiger partial charge in [-0.3, -0.25) is 0 Å². The van der Waals surface area contributed by atoms with E-state index in [-0.39, 0.29) is 0 Å². The Kier molecular flexibility index (Phi) is 7.10. The molecular weight excluding hydrogens is 597 g/mol. The van der Waals surface area contributed by atoms with E-state index >= 15 is 0 Å². The highest BCUT2D eigenvalue weighted by molar-refractivity contribution is 6.14. The van der Waals surface area contributed by atoms with Gasteiger partial charge in [0.25, 0.3) is 0 Å². The van der Waals surface area contributed by atoms with Crippen molar-refractivity contribution in [2.24, 2.45) is 0 Å². The van der Waals surface area contributed by atoms with Crippen molar-refractivity contribution in [3.8, 4) is 62.1 Å². The molecule has 0 saturated heterocycles. The van der Waals surface area contributed by atoms with Crippen molar-refractivity contribution in [1.29, 1.82) is 0 Å². The second-order valence-corrected chi connectivity index (χ2v) is 12.1. The van der Waals surface area contributed by atoms with E-state index in [0.717, 1.165) is 33.5 Å². The molecule has 2 heterocycles. The standard InChI is InChI=1S/C45H30N4/c1-5-15-31(16-6-1)38-25-14-26-39-40-30-35(27-28-41(40)49(42(38)39)37-23-11-4-12-24-37)34-21-13-22-36(29-34)45-47-43(32-17-7-2-8-18-32)46-44(48-45)33-19-9-3-10-20-33/h1-30H. The molecule has 0 aliphatic heterocycles. The molecule has 2 aromatic heterocycles. The summed E-state index contributed by atoms with van der Waals surface area (Å²) in [5.41, 5.74) is 11.0. The molecule has 9 rings (SSSR count). The third-order valence-electron chi connectivity index (χ3n) is 9.04. The lowest BCUT2D eigenvalue weighted by Gasteiger charge is -2.12. The van der Waals surface area contributed by atoms with Gasteiger partial charge in [-0.15, -0.1) is 0 Å². The van der Waals surface area contributed by atoms with E-state index in [2.05, 4.69) is 126 Å². The number of aromatic nitrogens is 4. The van der Waals surface area contributed by atoms with E-state index in [1.807, 2.05) is 60.7 Å². The Morgan fingerprint density at radius 3 is 1.45 bits per heavy atom. The van der Waals surface area contributed by atoms with Gasteiger partial charge in [-0.2, -0.15) is 0 Å². The van der Waals surface area contributed by atoms with Crippen LogP contribution in [0.2, 0.25) is 0 Å². The van der Waals surface area contributed by atoms with E-state index in [4.69, 9.17) is 15.0 Å². The van der Waals surface area contributed by atoms with Crippen LogP contribution in [-0.4, -0.2) is 19.5 Å². The normalized spacial score (nSPS) is 11.3. The zero-order chi connectivity index (χ0) is 32.6. The van der Waals surface area contributed by atoms with Gasteiger partial charge in [0.15, 0.2) is 17.5 Å². The zero-order valence-electron chi connectivity index (χ0n) is 26.6. The molecule has 0 N–H and O–H groups in total. The summed E-state index contributed by atoms with van der Waals surface area (Å²) in [5.74, 6) is 1.95. The second-order valence-electron chi connectivity index (χ2n) is 12.1. The molecular formula is C45H30N4. The smallest absolute Gasteiger partial charge is 0.164 e. The Morgan fingerprint density at radius 1 is 0.327 bits per heavy atom. The lowest BCUT2D eigenvalue weighted by molar-refractivity contribution is 1.07. The molecule has 0 fully saturated rings. The molecule has 4 heteroatoms. The van der Waals surface area contributed by atoms with Gasteiger partial charge in [0.1, 0.15) is 0 Å². The summed E-state index contributed by atoms with van der Waals surface area (Å²) in [6.45, 7) is 0. The summed E-state index contributed by atoms with van der Waals surface area (Å²) in [5, 5.41) is 2.42. The molecule has 0 amide bonds. The number of benzene rings is 7. The molecule has 0 saturated carbocycles. The van der Waals surface area contributed by atoms with Gasteiger partial charge in [-0.05, 0) is 47.0 Å². The average Bonchev–Trinajstić information content (AvgIpc) is 3.53. The molecule has 0 atom stereocenters. The molecule has 49 heavy (non-hydrogen) atoms. The van der Waals surface area contributed by atoms with Gasteiger partial charge in [0.05, 0.1) is 11.0 Å². The van der Waals surface area contributed by atoms with Crippen molar-refractivity contribution in [2.75, 3.05) is 0 Å². The minimum atomic E-state index is 0.642. The van der Waals surface area contributed by atoms with Gasteiger partial charge >= 0.3 is 0 Å². The summed E-state index contributed by atoms with van der Waals surface area (Å²) in [6, 6.07) is 63.4. The predicted molar refractivity (Wildman–Crippen MR) is 201 cm³/mol. The number of hydrogen-bond acceptors (Lipinski definition) is 3. The van der Waals surface area contributed by atoms with Crippen LogP contribution in [0.1, 0.15) is 0 Å². The third kappa shape index (κ3) is 5.26. The Bertz CT molecular complexity index is 2520. The van der Waals surface area contributed by atoms with Gasteiger partial charge in [-0.1, -0.05) is 152 Å². The van der Waals surface area contributed by atoms with Gasteiger partial charge < -0.3 is 4.57 Å². The van der Waals surface area contributed by atoms with E-state index in [9.17, 15) is 0 Å². The van der Waals surface area contributed by atoms with E-state index < -0.39 is 0 Å². The van der Waals surface area contributed by atoms with Crippen LogP contribution >= 0.6 is 0 Å². The number of rotatable bonds is 6. The fourth-order valence-electron chi connectivity index (χ4n) is 6.72. The lowest BCUT2D eigenvalue weighted by Crippen LogP contribution is -2.00. The molecule has 4 nitrogen and oxygen atoms in total. The summed E-state index contributed by atoms with van der Waals surface area (Å²) in [7, 11) is 0. The Balaban J connectivity index is 1.21. The van der Waals surface area contributed by atoms with Crippen molar-refractivity contribution in [3.63, 3.8) is 0 Å². The van der Waals surface area contributed by atoms with Gasteiger partial charge in [0, 0.05) is 38.7 Å². The lowest BCUT2D eigenvalue weighted by atomic mass is 9.99. The maximum atomic E-state index is 4.97. The van der Waals surface area contributed by atoms with Crippen molar-refractivity contribution >= 4 is 21.8 Å². The van der Waals surface area contributed by atoms with E-state index in [1.165, 1.54) is 32.9 Å². The first kappa shape index (κ1) is 28.6. The molecule has 7 aromatic carbocycles. The van der Waals surface area contributed by atoms with Gasteiger partial charge in [0.2, 0.25) is 0 Å². The van der Waals surface area contributed by atoms with Crippen LogP contribution in [0.15, 0.2) is 182 Å². The maximum absolute atomic E-state index is 4.97. The molecule has 230 valence electrons.